The van der Waals surface area contributed by atoms with Crippen LogP contribution >= 0.6 is 0 Å². The maximum Gasteiger partial charge on any atom is 0.162 e. The predicted octanol–water partition coefficient (Wildman–Crippen LogP) is 7.29. The topological polar surface area (TPSA) is 51.2 Å². The van der Waals surface area contributed by atoms with Crippen molar-refractivity contribution in [3.63, 3.8) is 0 Å². The molecule has 1 N–H and O–H groups in total. The predicted molar refractivity (Wildman–Crippen MR) is 130 cm³/mol. The fourth-order valence-corrected chi connectivity index (χ4v) is 3.86. The van der Waals surface area contributed by atoms with Crippen LogP contribution in [0.3, 0.4) is 0 Å². The van der Waals surface area contributed by atoms with Gasteiger partial charge in [0.15, 0.2) is 5.78 Å². The highest BCUT2D eigenvalue weighted by Crippen LogP contribution is 2.45. The molecule has 1 aliphatic carbocycles. The SMILES string of the molecule is CC(C)CCCC(=O)c1cccc(Nc2ccc(OCc3ccccn3)cc2C2CC2)c1. The number of nitrogens with zero attached hydrogens (tertiary/aromatic N) is 1. The number of ether oxygens (including phenoxy) is 1. The Labute approximate surface area is 191 Å². The van der Waals surface area contributed by atoms with Crippen molar-refractivity contribution in [2.24, 2.45) is 5.92 Å². The van der Waals surface area contributed by atoms with Gasteiger partial charge in [-0.25, -0.2) is 0 Å². The molecular weight excluding hydrogens is 396 g/mol. The van der Waals surface area contributed by atoms with Crippen LogP contribution < -0.4 is 10.1 Å². The molecule has 0 saturated heterocycles. The Kier molecular flexibility index (Phi) is 7.21. The fourth-order valence-electron chi connectivity index (χ4n) is 3.86. The second-order valence-electron chi connectivity index (χ2n) is 9.05. The van der Waals surface area contributed by atoms with Crippen molar-refractivity contribution in [3.05, 3.63) is 83.7 Å². The number of anilines is 2. The lowest BCUT2D eigenvalue weighted by molar-refractivity contribution is 0.0978. The number of pyridine rings is 1. The lowest BCUT2D eigenvalue weighted by Gasteiger charge is -2.15. The Morgan fingerprint density at radius 2 is 1.97 bits per heavy atom. The summed E-state index contributed by atoms with van der Waals surface area (Å²) in [5.74, 6) is 2.27. The van der Waals surface area contributed by atoms with Crippen molar-refractivity contribution in [1.29, 1.82) is 0 Å². The monoisotopic (exact) mass is 428 g/mol. The van der Waals surface area contributed by atoms with Gasteiger partial charge in [0.05, 0.1) is 5.69 Å². The van der Waals surface area contributed by atoms with E-state index < -0.39 is 0 Å². The third-order valence-corrected chi connectivity index (χ3v) is 5.80. The minimum Gasteiger partial charge on any atom is -0.487 e. The number of benzene rings is 2. The van der Waals surface area contributed by atoms with E-state index in [2.05, 4.69) is 36.3 Å². The van der Waals surface area contributed by atoms with Crippen LogP contribution in [0.15, 0.2) is 66.9 Å². The zero-order chi connectivity index (χ0) is 22.3. The summed E-state index contributed by atoms with van der Waals surface area (Å²) in [6.45, 7) is 4.85. The number of rotatable bonds is 11. The molecule has 0 spiro atoms. The van der Waals surface area contributed by atoms with Gasteiger partial charge in [0.1, 0.15) is 12.4 Å². The van der Waals surface area contributed by atoms with Gasteiger partial charge in [0, 0.05) is 29.6 Å². The van der Waals surface area contributed by atoms with E-state index in [0.717, 1.165) is 41.2 Å². The first-order valence-electron chi connectivity index (χ1n) is 11.7. The number of aromatic nitrogens is 1. The Bertz CT molecular complexity index is 1040. The van der Waals surface area contributed by atoms with E-state index in [0.29, 0.717) is 24.9 Å². The third-order valence-electron chi connectivity index (χ3n) is 5.80. The van der Waals surface area contributed by atoms with Crippen LogP contribution in [0.25, 0.3) is 0 Å². The summed E-state index contributed by atoms with van der Waals surface area (Å²) < 4.78 is 5.99. The second kappa shape index (κ2) is 10.4. The smallest absolute Gasteiger partial charge is 0.162 e. The average Bonchev–Trinajstić information content (AvgIpc) is 3.64. The Morgan fingerprint density at radius 1 is 1.09 bits per heavy atom. The molecule has 2 aromatic carbocycles. The molecular formula is C28H32N2O2. The maximum absolute atomic E-state index is 12.6. The van der Waals surface area contributed by atoms with Crippen LogP contribution in [0.2, 0.25) is 0 Å². The number of carbonyl (C=O) groups excluding carboxylic acids is 1. The molecule has 4 rings (SSSR count). The molecule has 1 aliphatic rings. The molecule has 32 heavy (non-hydrogen) atoms. The van der Waals surface area contributed by atoms with Gasteiger partial charge in [-0.2, -0.15) is 0 Å². The van der Waals surface area contributed by atoms with Crippen molar-refractivity contribution in [3.8, 4) is 5.75 Å². The highest BCUT2D eigenvalue weighted by Gasteiger charge is 2.27. The van der Waals surface area contributed by atoms with E-state index in [1.165, 1.54) is 18.4 Å². The summed E-state index contributed by atoms with van der Waals surface area (Å²) >= 11 is 0. The Morgan fingerprint density at radius 3 is 2.72 bits per heavy atom. The number of ketones is 1. The van der Waals surface area contributed by atoms with E-state index in [1.807, 2.05) is 48.5 Å². The highest BCUT2D eigenvalue weighted by molar-refractivity contribution is 5.97. The van der Waals surface area contributed by atoms with Crippen molar-refractivity contribution >= 4 is 17.2 Å². The van der Waals surface area contributed by atoms with Crippen molar-refractivity contribution < 1.29 is 9.53 Å². The Hall–Kier alpha value is -3.14. The molecule has 0 aliphatic heterocycles. The summed E-state index contributed by atoms with van der Waals surface area (Å²) in [6, 6.07) is 19.9. The van der Waals surface area contributed by atoms with Crippen molar-refractivity contribution in [2.45, 2.75) is 58.5 Å². The number of nitrogens with one attached hydrogen (secondary N) is 1. The lowest BCUT2D eigenvalue weighted by atomic mass is 10.0. The molecule has 1 fully saturated rings. The van der Waals surface area contributed by atoms with Crippen LogP contribution in [0.4, 0.5) is 11.4 Å². The highest BCUT2D eigenvalue weighted by atomic mass is 16.5. The standard InChI is InChI=1S/C28H32N2O2/c1-20(2)7-5-11-28(31)22-8-6-10-23(17-22)30-27-15-14-25(18-26(27)21-12-13-21)32-19-24-9-3-4-16-29-24/h3-4,6,8-10,14-18,20-21,30H,5,7,11-13,19H2,1-2H3. The molecule has 4 nitrogen and oxygen atoms in total. The number of Topliss-reactive ketones (excluding diaryl/α,β-unsaturated/α-hetero) is 1. The van der Waals surface area contributed by atoms with Crippen molar-refractivity contribution in [2.75, 3.05) is 5.32 Å². The first-order valence-corrected chi connectivity index (χ1v) is 11.7. The van der Waals surface area contributed by atoms with Gasteiger partial charge in [-0.3, -0.25) is 9.78 Å². The van der Waals surface area contributed by atoms with Gasteiger partial charge in [0.25, 0.3) is 0 Å². The van der Waals surface area contributed by atoms with Gasteiger partial charge < -0.3 is 10.1 Å². The van der Waals surface area contributed by atoms with E-state index in [1.54, 1.807) is 6.20 Å². The summed E-state index contributed by atoms with van der Waals surface area (Å²) in [4.78, 5) is 16.9. The first kappa shape index (κ1) is 22.1. The normalized spacial score (nSPS) is 13.2. The maximum atomic E-state index is 12.6. The van der Waals surface area contributed by atoms with Crippen LogP contribution in [0.1, 0.15) is 73.5 Å². The molecule has 1 saturated carbocycles. The quantitative estimate of drug-likeness (QED) is 0.326. The summed E-state index contributed by atoms with van der Waals surface area (Å²) in [6.07, 6.45) is 6.82. The molecule has 1 heterocycles. The third kappa shape index (κ3) is 6.19. The zero-order valence-electron chi connectivity index (χ0n) is 19.0. The number of carbonyl (C=O) groups is 1. The van der Waals surface area contributed by atoms with Crippen LogP contribution in [0.5, 0.6) is 5.75 Å². The molecule has 0 amide bonds. The van der Waals surface area contributed by atoms with E-state index in [9.17, 15) is 4.79 Å². The fraction of sp³-hybridized carbons (Fsp3) is 0.357. The van der Waals surface area contributed by atoms with Crippen LogP contribution in [-0.2, 0) is 6.61 Å². The van der Waals surface area contributed by atoms with E-state index in [4.69, 9.17) is 4.74 Å². The molecule has 1 aromatic heterocycles. The van der Waals surface area contributed by atoms with Crippen LogP contribution in [0, 0.1) is 5.92 Å². The summed E-state index contributed by atoms with van der Waals surface area (Å²) in [5.41, 5.74) is 5.00. The zero-order valence-corrected chi connectivity index (χ0v) is 19.0. The van der Waals surface area contributed by atoms with Gasteiger partial charge in [-0.15, -0.1) is 0 Å². The van der Waals surface area contributed by atoms with Gasteiger partial charge >= 0.3 is 0 Å². The number of hydrogen-bond donors (Lipinski definition) is 1. The molecule has 0 atom stereocenters. The van der Waals surface area contributed by atoms with E-state index in [-0.39, 0.29) is 5.78 Å². The largest absolute Gasteiger partial charge is 0.487 e. The minimum atomic E-state index is 0.218. The first-order chi connectivity index (χ1) is 15.6. The lowest BCUT2D eigenvalue weighted by Crippen LogP contribution is -2.02. The molecule has 3 aromatic rings. The molecule has 0 bridgehead atoms. The summed E-state index contributed by atoms with van der Waals surface area (Å²) in [5, 5.41) is 3.54. The number of hydrogen-bond acceptors (Lipinski definition) is 4. The van der Waals surface area contributed by atoms with Gasteiger partial charge in [-0.1, -0.05) is 38.5 Å². The molecule has 4 heteroatoms. The average molecular weight is 429 g/mol. The second-order valence-corrected chi connectivity index (χ2v) is 9.05. The van der Waals surface area contributed by atoms with Gasteiger partial charge in [0.2, 0.25) is 0 Å². The Balaban J connectivity index is 1.44. The minimum absolute atomic E-state index is 0.218. The van der Waals surface area contributed by atoms with Crippen LogP contribution in [-0.4, -0.2) is 10.8 Å². The molecule has 0 radical (unpaired) electrons. The van der Waals surface area contributed by atoms with E-state index >= 15 is 0 Å². The van der Waals surface area contributed by atoms with Gasteiger partial charge in [-0.05, 0) is 79.1 Å². The summed E-state index contributed by atoms with van der Waals surface area (Å²) in [7, 11) is 0. The molecule has 0 unspecified atom stereocenters. The molecule has 166 valence electrons. The van der Waals surface area contributed by atoms with Crippen molar-refractivity contribution in [1.82, 2.24) is 4.98 Å².